The Labute approximate surface area is 158 Å². The first-order chi connectivity index (χ1) is 13.2. The quantitative estimate of drug-likeness (QED) is 0.440. The molecule has 3 N–H and O–H groups in total. The molecule has 3 rings (SSSR count). The molecule has 0 saturated heterocycles. The van der Waals surface area contributed by atoms with E-state index in [-0.39, 0.29) is 27.5 Å². The zero-order valence-corrected chi connectivity index (χ0v) is 15.2. The Morgan fingerprint density at radius 2 is 1.82 bits per heavy atom. The summed E-state index contributed by atoms with van der Waals surface area (Å²) in [5.74, 6) is -1.18. The number of hydrogen-bond donors (Lipinski definition) is 3. The molecule has 0 aliphatic carbocycles. The number of carbonyl (C=O) groups is 1. The lowest BCUT2D eigenvalue weighted by Crippen LogP contribution is -2.14. The summed E-state index contributed by atoms with van der Waals surface area (Å²) >= 11 is 0. The molecule has 28 heavy (non-hydrogen) atoms. The molecule has 0 bridgehead atoms. The fourth-order valence-electron chi connectivity index (χ4n) is 2.47. The summed E-state index contributed by atoms with van der Waals surface area (Å²) in [7, 11) is -4.44. The number of benzene rings is 2. The Balaban J connectivity index is 2.05. The maximum Gasteiger partial charge on any atom is 0.337 e. The number of H-pyrrole nitrogens is 1. The monoisotopic (exact) mass is 402 g/mol. The number of aromatic carboxylic acids is 1. The van der Waals surface area contributed by atoms with Gasteiger partial charge in [0.1, 0.15) is 5.69 Å². The minimum Gasteiger partial charge on any atom is -0.478 e. The molecule has 10 nitrogen and oxygen atoms in total. The van der Waals surface area contributed by atoms with Gasteiger partial charge in [-0.3, -0.25) is 14.4 Å². The first kappa shape index (κ1) is 19.2. The van der Waals surface area contributed by atoms with E-state index in [2.05, 4.69) is 15.3 Å². The van der Waals surface area contributed by atoms with Crippen LogP contribution in [0.2, 0.25) is 0 Å². The fraction of sp³-hybridized carbons (Fsp3) is 0.0588. The summed E-state index contributed by atoms with van der Waals surface area (Å²) in [6.45, 7) is 1.56. The maximum absolute atomic E-state index is 12.6. The van der Waals surface area contributed by atoms with Crippen LogP contribution in [-0.2, 0) is 10.1 Å². The van der Waals surface area contributed by atoms with Crippen LogP contribution in [0.25, 0.3) is 5.69 Å². The molecule has 1 aromatic heterocycles. The number of carboxylic acids is 1. The van der Waals surface area contributed by atoms with Gasteiger partial charge in [-0.05, 0) is 37.3 Å². The van der Waals surface area contributed by atoms with Crippen LogP contribution in [0, 0.1) is 6.92 Å². The van der Waals surface area contributed by atoms with E-state index < -0.39 is 21.6 Å². The standard InChI is InChI=1S/C17H14N4O6S/c1-10-15(19-18-14-8-3-2-7-13(14)17(23)24)16(22)21(20-10)11-5-4-6-12(9-11)28(25,26)27/h2-9,20H,1H3,(H,23,24)(H,25,26,27). The second-order valence-corrected chi connectivity index (χ2v) is 7.14. The van der Waals surface area contributed by atoms with Crippen molar-refractivity contribution in [2.45, 2.75) is 11.8 Å². The molecule has 1 heterocycles. The van der Waals surface area contributed by atoms with Gasteiger partial charge in [-0.1, -0.05) is 18.2 Å². The van der Waals surface area contributed by atoms with Gasteiger partial charge in [-0.2, -0.15) is 8.42 Å². The van der Waals surface area contributed by atoms with Crippen LogP contribution in [0.15, 0.2) is 68.4 Å². The summed E-state index contributed by atoms with van der Waals surface area (Å²) in [6.07, 6.45) is 0. The Morgan fingerprint density at radius 1 is 1.11 bits per heavy atom. The molecule has 0 unspecified atom stereocenters. The fourth-order valence-corrected chi connectivity index (χ4v) is 2.99. The van der Waals surface area contributed by atoms with Crippen LogP contribution in [0.3, 0.4) is 0 Å². The van der Waals surface area contributed by atoms with Gasteiger partial charge in [0.15, 0.2) is 5.69 Å². The molecule has 3 aromatic rings. The van der Waals surface area contributed by atoms with E-state index in [0.717, 1.165) is 10.7 Å². The SMILES string of the molecule is Cc1[nH]n(-c2cccc(S(=O)(=O)O)c2)c(=O)c1N=Nc1ccccc1C(=O)O. The molecule has 11 heteroatoms. The van der Waals surface area contributed by atoms with Gasteiger partial charge in [0, 0.05) is 0 Å². The highest BCUT2D eigenvalue weighted by Gasteiger charge is 2.16. The van der Waals surface area contributed by atoms with Crippen molar-refractivity contribution in [2.24, 2.45) is 10.2 Å². The highest BCUT2D eigenvalue weighted by atomic mass is 32.2. The van der Waals surface area contributed by atoms with E-state index in [1.165, 1.54) is 30.3 Å². The highest BCUT2D eigenvalue weighted by Crippen LogP contribution is 2.23. The summed E-state index contributed by atoms with van der Waals surface area (Å²) in [6, 6.07) is 11.1. The molecule has 0 spiro atoms. The third-order valence-corrected chi connectivity index (χ3v) is 4.66. The number of aryl methyl sites for hydroxylation is 1. The lowest BCUT2D eigenvalue weighted by molar-refractivity contribution is 0.0697. The first-order valence-electron chi connectivity index (χ1n) is 7.82. The molecule has 0 radical (unpaired) electrons. The minimum absolute atomic E-state index is 0.0689. The second-order valence-electron chi connectivity index (χ2n) is 5.72. The number of aromatic nitrogens is 2. The topological polar surface area (TPSA) is 154 Å². The van der Waals surface area contributed by atoms with Gasteiger partial charge in [-0.15, -0.1) is 10.2 Å². The molecule has 0 atom stereocenters. The average molecular weight is 402 g/mol. The van der Waals surface area contributed by atoms with Crippen molar-refractivity contribution in [2.75, 3.05) is 0 Å². The van der Waals surface area contributed by atoms with Crippen LogP contribution < -0.4 is 5.56 Å². The molecule has 0 aliphatic rings. The summed E-state index contributed by atoms with van der Waals surface area (Å²) in [4.78, 5) is 23.5. The van der Waals surface area contributed by atoms with Gasteiger partial charge in [0.2, 0.25) is 0 Å². The van der Waals surface area contributed by atoms with Gasteiger partial charge >= 0.3 is 5.97 Å². The molecule has 2 aromatic carbocycles. The Morgan fingerprint density at radius 3 is 2.50 bits per heavy atom. The Hall–Kier alpha value is -3.57. The van der Waals surface area contributed by atoms with Gasteiger partial charge in [-0.25, -0.2) is 9.48 Å². The second kappa shape index (κ2) is 7.21. The predicted octanol–water partition coefficient (Wildman–Crippen LogP) is 2.83. The Bertz CT molecular complexity index is 1260. The van der Waals surface area contributed by atoms with E-state index in [1.54, 1.807) is 19.1 Å². The van der Waals surface area contributed by atoms with Crippen molar-refractivity contribution < 1.29 is 22.9 Å². The van der Waals surface area contributed by atoms with Crippen molar-refractivity contribution in [3.8, 4) is 5.69 Å². The highest BCUT2D eigenvalue weighted by molar-refractivity contribution is 7.85. The lowest BCUT2D eigenvalue weighted by atomic mass is 10.2. The predicted molar refractivity (Wildman–Crippen MR) is 98.5 cm³/mol. The van der Waals surface area contributed by atoms with E-state index in [9.17, 15) is 23.1 Å². The molecule has 0 saturated carbocycles. The summed E-state index contributed by atoms with van der Waals surface area (Å²) < 4.78 is 32.8. The number of nitrogens with one attached hydrogen (secondary N) is 1. The number of carboxylic acid groups (broad SMARTS) is 1. The number of azo groups is 1. The van der Waals surface area contributed by atoms with E-state index in [0.29, 0.717) is 5.69 Å². The van der Waals surface area contributed by atoms with Crippen LogP contribution in [0.1, 0.15) is 16.1 Å². The smallest absolute Gasteiger partial charge is 0.337 e. The van der Waals surface area contributed by atoms with E-state index in [4.69, 9.17) is 4.55 Å². The van der Waals surface area contributed by atoms with E-state index >= 15 is 0 Å². The normalized spacial score (nSPS) is 11.8. The largest absolute Gasteiger partial charge is 0.478 e. The number of rotatable bonds is 5. The van der Waals surface area contributed by atoms with Crippen LogP contribution in [-0.4, -0.2) is 33.8 Å². The molecular formula is C17H14N4O6S. The number of nitrogens with zero attached hydrogens (tertiary/aromatic N) is 3. The maximum atomic E-state index is 12.6. The summed E-state index contributed by atoms with van der Waals surface area (Å²) in [5.41, 5.74) is -0.191. The number of aromatic amines is 1. The van der Waals surface area contributed by atoms with Crippen molar-refractivity contribution in [1.29, 1.82) is 0 Å². The van der Waals surface area contributed by atoms with Gasteiger partial charge < -0.3 is 5.11 Å². The molecule has 0 aliphatic heterocycles. The third-order valence-electron chi connectivity index (χ3n) is 3.81. The van der Waals surface area contributed by atoms with Crippen LogP contribution in [0.5, 0.6) is 0 Å². The van der Waals surface area contributed by atoms with Crippen molar-refractivity contribution in [1.82, 2.24) is 9.78 Å². The zero-order chi connectivity index (χ0) is 20.5. The van der Waals surface area contributed by atoms with Crippen molar-refractivity contribution in [3.63, 3.8) is 0 Å². The van der Waals surface area contributed by atoms with Crippen molar-refractivity contribution in [3.05, 3.63) is 70.1 Å². The third kappa shape index (κ3) is 3.75. The van der Waals surface area contributed by atoms with Crippen LogP contribution in [0.4, 0.5) is 11.4 Å². The van der Waals surface area contributed by atoms with E-state index in [1.807, 2.05) is 0 Å². The first-order valence-corrected chi connectivity index (χ1v) is 9.26. The number of hydrogen-bond acceptors (Lipinski definition) is 6. The molecule has 0 fully saturated rings. The molecule has 0 amide bonds. The Kier molecular flexibility index (Phi) is 4.94. The zero-order valence-electron chi connectivity index (χ0n) is 14.4. The minimum atomic E-state index is -4.44. The van der Waals surface area contributed by atoms with Crippen LogP contribution >= 0.6 is 0 Å². The van der Waals surface area contributed by atoms with Gasteiger partial charge in [0.25, 0.3) is 15.7 Å². The molecular weight excluding hydrogens is 388 g/mol. The van der Waals surface area contributed by atoms with Gasteiger partial charge in [0.05, 0.1) is 21.8 Å². The summed E-state index contributed by atoms with van der Waals surface area (Å²) in [5, 5.41) is 19.6. The lowest BCUT2D eigenvalue weighted by Gasteiger charge is -2.03. The molecule has 144 valence electrons. The average Bonchev–Trinajstić information content (AvgIpc) is 2.93. The van der Waals surface area contributed by atoms with Crippen molar-refractivity contribution >= 4 is 27.5 Å².